The first-order valence-electron chi connectivity index (χ1n) is 6.83. The normalized spacial score (nSPS) is 22.7. The summed E-state index contributed by atoms with van der Waals surface area (Å²) in [5.41, 5.74) is 1.09. The molecule has 1 fully saturated rings. The number of pyridine rings is 1. The highest BCUT2D eigenvalue weighted by molar-refractivity contribution is 6.31. The Morgan fingerprint density at radius 3 is 3.00 bits per heavy atom. The number of nitrogens with one attached hydrogen (secondary N) is 1. The fraction of sp³-hybridized carbons (Fsp3) is 0.643. The Balaban J connectivity index is 2.15. The molecule has 0 bridgehead atoms. The van der Waals surface area contributed by atoms with Gasteiger partial charge in [0, 0.05) is 26.4 Å². The fourth-order valence-electron chi connectivity index (χ4n) is 2.45. The van der Waals surface area contributed by atoms with Gasteiger partial charge in [0.15, 0.2) is 0 Å². The summed E-state index contributed by atoms with van der Waals surface area (Å²) in [7, 11) is 2.07. The number of hydrogen-bond donors (Lipinski definition) is 1. The van der Waals surface area contributed by atoms with Crippen LogP contribution < -0.4 is 10.2 Å². The van der Waals surface area contributed by atoms with Gasteiger partial charge in [-0.05, 0) is 31.5 Å². The third-order valence-corrected chi connectivity index (χ3v) is 4.02. The van der Waals surface area contributed by atoms with Crippen molar-refractivity contribution in [1.82, 2.24) is 10.3 Å². The number of anilines is 1. The summed E-state index contributed by atoms with van der Waals surface area (Å²) in [6, 6.07) is 2.46. The number of nitrogens with zero attached hydrogens (tertiary/aromatic N) is 2. The van der Waals surface area contributed by atoms with Crippen molar-refractivity contribution in [2.45, 2.75) is 39.0 Å². The molecule has 2 rings (SSSR count). The van der Waals surface area contributed by atoms with Gasteiger partial charge in [0.25, 0.3) is 0 Å². The summed E-state index contributed by atoms with van der Waals surface area (Å²) >= 11 is 6.18. The molecule has 0 radical (unpaired) electrons. The molecule has 2 atom stereocenters. The van der Waals surface area contributed by atoms with Gasteiger partial charge >= 0.3 is 0 Å². The van der Waals surface area contributed by atoms with Crippen molar-refractivity contribution in [3.8, 4) is 0 Å². The maximum absolute atomic E-state index is 6.18. The molecule has 1 aromatic rings. The van der Waals surface area contributed by atoms with Crippen molar-refractivity contribution in [1.29, 1.82) is 0 Å². The average molecular weight is 284 g/mol. The number of halogens is 1. The average Bonchev–Trinajstić information content (AvgIpc) is 2.83. The van der Waals surface area contributed by atoms with Crippen molar-refractivity contribution in [3.05, 3.63) is 22.8 Å². The van der Waals surface area contributed by atoms with Crippen LogP contribution >= 0.6 is 11.6 Å². The summed E-state index contributed by atoms with van der Waals surface area (Å²) in [4.78, 5) is 6.63. The van der Waals surface area contributed by atoms with E-state index in [1.807, 2.05) is 0 Å². The topological polar surface area (TPSA) is 37.4 Å². The molecule has 1 aromatic heterocycles. The van der Waals surface area contributed by atoms with Crippen LogP contribution in [0, 0.1) is 0 Å². The lowest BCUT2D eigenvalue weighted by atomic mass is 10.1. The van der Waals surface area contributed by atoms with Gasteiger partial charge in [-0.1, -0.05) is 18.5 Å². The highest BCUT2D eigenvalue weighted by Gasteiger charge is 2.28. The molecule has 1 saturated heterocycles. The molecule has 2 unspecified atom stereocenters. The molecule has 4 nitrogen and oxygen atoms in total. The van der Waals surface area contributed by atoms with Gasteiger partial charge in [-0.3, -0.25) is 0 Å². The Kier molecular flexibility index (Phi) is 5.02. The maximum Gasteiger partial charge on any atom is 0.128 e. The molecule has 106 valence electrons. The molecule has 1 N–H and O–H groups in total. The summed E-state index contributed by atoms with van der Waals surface area (Å²) in [6.07, 6.45) is 3.03. The summed E-state index contributed by atoms with van der Waals surface area (Å²) in [6.45, 7) is 6.73. The highest BCUT2D eigenvalue weighted by atomic mass is 35.5. The molecule has 1 aliphatic heterocycles. The molecular weight excluding hydrogens is 262 g/mol. The SMILES string of the molecule is CCNCc1cc(N(C)C2CCOC2C)ncc1Cl. The summed E-state index contributed by atoms with van der Waals surface area (Å²) < 4.78 is 5.62. The summed E-state index contributed by atoms with van der Waals surface area (Å²) in [5.74, 6) is 0.958. The third kappa shape index (κ3) is 3.38. The molecule has 0 spiro atoms. The van der Waals surface area contributed by atoms with E-state index >= 15 is 0 Å². The van der Waals surface area contributed by atoms with E-state index in [0.717, 1.165) is 37.5 Å². The van der Waals surface area contributed by atoms with Crippen molar-refractivity contribution in [2.75, 3.05) is 25.1 Å². The highest BCUT2D eigenvalue weighted by Crippen LogP contribution is 2.25. The molecule has 1 aliphatic rings. The van der Waals surface area contributed by atoms with Crippen molar-refractivity contribution in [3.63, 3.8) is 0 Å². The Hall–Kier alpha value is -0.840. The van der Waals surface area contributed by atoms with E-state index in [0.29, 0.717) is 11.1 Å². The molecule has 0 saturated carbocycles. The predicted octanol–water partition coefficient (Wildman–Crippen LogP) is 2.46. The molecule has 0 amide bonds. The number of likely N-dealkylation sites (N-methyl/N-ethyl adjacent to an activating group) is 1. The standard InChI is InChI=1S/C14H22ClN3O/c1-4-16-8-11-7-14(17-9-12(11)15)18(3)13-5-6-19-10(13)2/h7,9-10,13,16H,4-6,8H2,1-3H3. The second-order valence-corrected chi connectivity index (χ2v) is 5.36. The second-order valence-electron chi connectivity index (χ2n) is 4.96. The van der Waals surface area contributed by atoms with E-state index in [4.69, 9.17) is 16.3 Å². The lowest BCUT2D eigenvalue weighted by Crippen LogP contribution is -2.37. The van der Waals surface area contributed by atoms with Crippen LogP contribution in [-0.2, 0) is 11.3 Å². The Morgan fingerprint density at radius 2 is 2.37 bits per heavy atom. The maximum atomic E-state index is 6.18. The molecule has 2 heterocycles. The summed E-state index contributed by atoms with van der Waals surface area (Å²) in [5, 5.41) is 4.01. The Labute approximate surface area is 120 Å². The van der Waals surface area contributed by atoms with Crippen molar-refractivity contribution in [2.24, 2.45) is 0 Å². The Bertz CT molecular complexity index is 427. The Morgan fingerprint density at radius 1 is 1.58 bits per heavy atom. The van der Waals surface area contributed by atoms with Crippen LogP contribution in [0.1, 0.15) is 25.8 Å². The van der Waals surface area contributed by atoms with Gasteiger partial charge in [-0.25, -0.2) is 4.98 Å². The smallest absolute Gasteiger partial charge is 0.128 e. The van der Waals surface area contributed by atoms with E-state index in [1.54, 1.807) is 6.20 Å². The van der Waals surface area contributed by atoms with Crippen molar-refractivity contribution < 1.29 is 4.74 Å². The minimum Gasteiger partial charge on any atom is -0.376 e. The molecule has 0 aromatic carbocycles. The minimum absolute atomic E-state index is 0.250. The van der Waals surface area contributed by atoms with Crippen LogP contribution in [0.15, 0.2) is 12.3 Å². The van der Waals surface area contributed by atoms with Gasteiger partial charge in [-0.15, -0.1) is 0 Å². The zero-order valence-corrected chi connectivity index (χ0v) is 12.6. The number of aromatic nitrogens is 1. The first-order chi connectivity index (χ1) is 9.13. The van der Waals surface area contributed by atoms with Crippen LogP contribution in [0.4, 0.5) is 5.82 Å². The monoisotopic (exact) mass is 283 g/mol. The number of hydrogen-bond acceptors (Lipinski definition) is 4. The fourth-order valence-corrected chi connectivity index (χ4v) is 2.62. The lowest BCUT2D eigenvalue weighted by Gasteiger charge is -2.28. The van der Waals surface area contributed by atoms with E-state index in [9.17, 15) is 0 Å². The van der Waals surface area contributed by atoms with E-state index < -0.39 is 0 Å². The molecule has 19 heavy (non-hydrogen) atoms. The first kappa shape index (κ1) is 14.6. The lowest BCUT2D eigenvalue weighted by molar-refractivity contribution is 0.118. The van der Waals surface area contributed by atoms with Crippen LogP contribution in [0.2, 0.25) is 5.02 Å². The van der Waals surface area contributed by atoms with Crippen LogP contribution in [0.5, 0.6) is 0 Å². The van der Waals surface area contributed by atoms with Crippen LogP contribution in [0.25, 0.3) is 0 Å². The molecular formula is C14H22ClN3O. The van der Waals surface area contributed by atoms with Crippen molar-refractivity contribution >= 4 is 17.4 Å². The van der Waals surface area contributed by atoms with Gasteiger partial charge in [-0.2, -0.15) is 0 Å². The molecule has 0 aliphatic carbocycles. The number of rotatable bonds is 5. The van der Waals surface area contributed by atoms with Gasteiger partial charge in [0.2, 0.25) is 0 Å². The van der Waals surface area contributed by atoms with E-state index in [-0.39, 0.29) is 6.10 Å². The predicted molar refractivity (Wildman–Crippen MR) is 78.8 cm³/mol. The second kappa shape index (κ2) is 6.55. The van der Waals surface area contributed by atoms with Crippen LogP contribution in [0.3, 0.4) is 0 Å². The number of ether oxygens (including phenoxy) is 1. The zero-order valence-electron chi connectivity index (χ0n) is 11.8. The first-order valence-corrected chi connectivity index (χ1v) is 7.20. The van der Waals surface area contributed by atoms with E-state index in [1.165, 1.54) is 0 Å². The zero-order chi connectivity index (χ0) is 13.8. The quantitative estimate of drug-likeness (QED) is 0.901. The third-order valence-electron chi connectivity index (χ3n) is 3.68. The molecule has 5 heteroatoms. The van der Waals surface area contributed by atoms with Crippen LogP contribution in [-0.4, -0.2) is 37.3 Å². The minimum atomic E-state index is 0.250. The van der Waals surface area contributed by atoms with E-state index in [2.05, 4.69) is 42.2 Å². The van der Waals surface area contributed by atoms with Gasteiger partial charge < -0.3 is 15.0 Å². The van der Waals surface area contributed by atoms with Gasteiger partial charge in [0.1, 0.15) is 5.82 Å². The van der Waals surface area contributed by atoms with Gasteiger partial charge in [0.05, 0.1) is 17.2 Å². The largest absolute Gasteiger partial charge is 0.376 e.